The first-order valence-corrected chi connectivity index (χ1v) is 15.7. The van der Waals surface area contributed by atoms with Gasteiger partial charge in [-0.1, -0.05) is 84.9 Å². The van der Waals surface area contributed by atoms with Crippen LogP contribution in [0.15, 0.2) is 140 Å². The maximum absolute atomic E-state index is 14.2. The molecule has 7 rings (SSSR count). The molecular weight excluding hydrogens is 617 g/mol. The Balaban J connectivity index is 1.23. The van der Waals surface area contributed by atoms with Crippen molar-refractivity contribution in [3.63, 3.8) is 0 Å². The largest absolute Gasteiger partial charge is 0.382 e. The van der Waals surface area contributed by atoms with Crippen molar-refractivity contribution in [3.8, 4) is 11.1 Å². The summed E-state index contributed by atoms with van der Waals surface area (Å²) in [5, 5.41) is 12.4. The van der Waals surface area contributed by atoms with Crippen LogP contribution < -0.4 is 16.4 Å². The molecule has 0 saturated carbocycles. The normalized spacial score (nSPS) is 11.7. The van der Waals surface area contributed by atoms with Gasteiger partial charge < -0.3 is 16.4 Å². The Bertz CT molecular complexity index is 2340. The number of nitrogens with two attached hydrogens (primary N) is 1. The maximum atomic E-state index is 14.2. The number of amides is 2. The fraction of sp³-hybridized carbons (Fsp3) is 0.0500. The van der Waals surface area contributed by atoms with Crippen LogP contribution in [0.2, 0.25) is 0 Å². The molecule has 49 heavy (non-hydrogen) atoms. The molecule has 0 bridgehead atoms. The molecule has 9 heteroatoms. The number of anilines is 2. The molecule has 1 atom stereocenters. The van der Waals surface area contributed by atoms with Gasteiger partial charge >= 0.3 is 0 Å². The fourth-order valence-corrected chi connectivity index (χ4v) is 6.02. The van der Waals surface area contributed by atoms with Gasteiger partial charge in [0, 0.05) is 23.2 Å². The Labute approximate surface area is 281 Å². The molecule has 0 aliphatic carbocycles. The van der Waals surface area contributed by atoms with Crippen molar-refractivity contribution in [1.82, 2.24) is 15.1 Å². The average molecular weight is 648 g/mol. The molecule has 4 N–H and O–H groups in total. The number of aromatic nitrogens is 2. The minimum Gasteiger partial charge on any atom is -0.382 e. The molecule has 0 aliphatic rings. The minimum atomic E-state index is -0.929. The summed E-state index contributed by atoms with van der Waals surface area (Å²) in [5.41, 5.74) is 10.8. The van der Waals surface area contributed by atoms with Gasteiger partial charge in [0.2, 0.25) is 0 Å². The van der Waals surface area contributed by atoms with Gasteiger partial charge in [0.1, 0.15) is 11.9 Å². The Morgan fingerprint density at radius 1 is 0.755 bits per heavy atom. The van der Waals surface area contributed by atoms with E-state index in [4.69, 9.17) is 5.73 Å². The molecule has 0 aliphatic heterocycles. The summed E-state index contributed by atoms with van der Waals surface area (Å²) >= 11 is 0. The highest BCUT2D eigenvalue weighted by Crippen LogP contribution is 2.35. The van der Waals surface area contributed by atoms with E-state index in [0.717, 1.165) is 27.5 Å². The molecule has 0 spiro atoms. The summed E-state index contributed by atoms with van der Waals surface area (Å²) in [6.07, 6.45) is 0.251. The molecule has 0 saturated heterocycles. The Morgan fingerprint density at radius 3 is 2.22 bits per heavy atom. The van der Waals surface area contributed by atoms with Gasteiger partial charge in [0.15, 0.2) is 5.82 Å². The van der Waals surface area contributed by atoms with Crippen LogP contribution in [0.4, 0.5) is 15.9 Å². The van der Waals surface area contributed by atoms with E-state index in [2.05, 4.69) is 15.7 Å². The van der Waals surface area contributed by atoms with Crippen LogP contribution in [0.1, 0.15) is 31.1 Å². The summed E-state index contributed by atoms with van der Waals surface area (Å²) in [7, 11) is 0. The first-order chi connectivity index (χ1) is 23.9. The van der Waals surface area contributed by atoms with Crippen molar-refractivity contribution in [1.29, 1.82) is 0 Å². The van der Waals surface area contributed by atoms with E-state index in [0.29, 0.717) is 27.7 Å². The van der Waals surface area contributed by atoms with Gasteiger partial charge in [-0.25, -0.2) is 4.39 Å². The van der Waals surface area contributed by atoms with Gasteiger partial charge in [-0.15, -0.1) is 5.10 Å². The zero-order chi connectivity index (χ0) is 33.9. The van der Waals surface area contributed by atoms with E-state index in [9.17, 15) is 18.8 Å². The molecule has 7 aromatic rings. The molecule has 240 valence electrons. The van der Waals surface area contributed by atoms with Crippen molar-refractivity contribution in [3.05, 3.63) is 162 Å². The van der Waals surface area contributed by atoms with Crippen LogP contribution in [0.5, 0.6) is 0 Å². The topological polar surface area (TPSA) is 119 Å². The smallest absolute Gasteiger partial charge is 0.270 e. The second kappa shape index (κ2) is 13.2. The molecule has 0 unspecified atom stereocenters. The molecule has 0 radical (unpaired) electrons. The number of carbonyl (C=O) groups excluding carboxylic acids is 3. The third kappa shape index (κ3) is 6.37. The Hall–Kier alpha value is -6.61. The maximum Gasteiger partial charge on any atom is 0.270 e. The van der Waals surface area contributed by atoms with Crippen LogP contribution in [0.25, 0.3) is 32.8 Å². The van der Waals surface area contributed by atoms with Gasteiger partial charge in [-0.05, 0) is 82.1 Å². The summed E-state index contributed by atoms with van der Waals surface area (Å²) < 4.78 is 14.6. The Morgan fingerprint density at radius 2 is 1.47 bits per heavy atom. The van der Waals surface area contributed by atoms with Crippen molar-refractivity contribution in [2.24, 2.45) is 0 Å². The molecule has 8 nitrogen and oxygen atoms in total. The van der Waals surface area contributed by atoms with Crippen molar-refractivity contribution in [2.45, 2.75) is 12.5 Å². The number of benzene rings is 6. The van der Waals surface area contributed by atoms with Gasteiger partial charge in [-0.3, -0.25) is 14.4 Å². The summed E-state index contributed by atoms with van der Waals surface area (Å²) in [6.45, 7) is 0. The minimum absolute atomic E-state index is 0.166. The van der Waals surface area contributed by atoms with Crippen LogP contribution in [0, 0.1) is 5.82 Å². The first-order valence-electron chi connectivity index (χ1n) is 15.7. The lowest BCUT2D eigenvalue weighted by Gasteiger charge is -2.18. The third-order valence-corrected chi connectivity index (χ3v) is 8.40. The van der Waals surface area contributed by atoms with E-state index in [1.165, 1.54) is 28.9 Å². The monoisotopic (exact) mass is 647 g/mol. The standard InChI is InChI=1S/C40H30FN5O3/c41-29-18-20-30(21-19-29)43-39(48)33-15-7-13-27-24-28(17-22-31(27)33)32-14-8-16-35-36(32)37(42)45-46(35)40(49)34(23-25-9-3-1-4-10-25)44-38(47)26-11-5-2-6-12-26/h1-22,24,34H,23H2,(H2,42,45)(H,43,48)(H,44,47)/t34-/m1/s1. The van der Waals surface area contributed by atoms with Crippen molar-refractivity contribution >= 4 is 50.9 Å². The number of rotatable bonds is 8. The first kappa shape index (κ1) is 31.0. The van der Waals surface area contributed by atoms with Gasteiger partial charge in [0.05, 0.1) is 10.9 Å². The lowest BCUT2D eigenvalue weighted by molar-refractivity contribution is 0.0796. The van der Waals surface area contributed by atoms with E-state index in [1.807, 2.05) is 72.8 Å². The lowest BCUT2D eigenvalue weighted by Crippen LogP contribution is -2.45. The SMILES string of the molecule is Nc1nn(C(=O)[C@@H](Cc2ccccc2)NC(=O)c2ccccc2)c2cccc(-c3ccc4c(C(=O)Nc5ccc(F)cc5)cccc4c3)c12. The molecule has 1 heterocycles. The lowest BCUT2D eigenvalue weighted by atomic mass is 9.96. The van der Waals surface area contributed by atoms with Crippen molar-refractivity contribution in [2.75, 3.05) is 11.1 Å². The second-order valence-electron chi connectivity index (χ2n) is 11.6. The zero-order valence-corrected chi connectivity index (χ0v) is 26.1. The fourth-order valence-electron chi connectivity index (χ4n) is 6.02. The van der Waals surface area contributed by atoms with Crippen LogP contribution in [-0.4, -0.2) is 33.5 Å². The molecule has 6 aromatic carbocycles. The molecular formula is C40H30FN5O3. The van der Waals surface area contributed by atoms with E-state index in [-0.39, 0.29) is 29.9 Å². The summed E-state index contributed by atoms with van der Waals surface area (Å²) in [4.78, 5) is 40.6. The van der Waals surface area contributed by atoms with E-state index < -0.39 is 11.9 Å². The Kier molecular flexibility index (Phi) is 8.39. The van der Waals surface area contributed by atoms with Crippen LogP contribution in [0.3, 0.4) is 0 Å². The summed E-state index contributed by atoms with van der Waals surface area (Å²) in [6, 6.07) is 39.5. The highest BCUT2D eigenvalue weighted by atomic mass is 19.1. The van der Waals surface area contributed by atoms with Gasteiger partial charge in [-0.2, -0.15) is 4.68 Å². The van der Waals surface area contributed by atoms with Crippen LogP contribution in [-0.2, 0) is 6.42 Å². The van der Waals surface area contributed by atoms with E-state index >= 15 is 0 Å². The predicted molar refractivity (Wildman–Crippen MR) is 190 cm³/mol. The summed E-state index contributed by atoms with van der Waals surface area (Å²) in [5.74, 6) is -1.34. The third-order valence-electron chi connectivity index (χ3n) is 8.40. The number of nitrogen functional groups attached to an aromatic ring is 1. The number of nitrogens with one attached hydrogen (secondary N) is 2. The van der Waals surface area contributed by atoms with Crippen LogP contribution >= 0.6 is 0 Å². The zero-order valence-electron chi connectivity index (χ0n) is 26.1. The second-order valence-corrected chi connectivity index (χ2v) is 11.6. The number of hydrogen-bond donors (Lipinski definition) is 3. The number of fused-ring (bicyclic) bond motifs is 2. The highest BCUT2D eigenvalue weighted by Gasteiger charge is 2.27. The molecule has 1 aromatic heterocycles. The average Bonchev–Trinajstić information content (AvgIpc) is 3.48. The number of nitrogens with zero attached hydrogens (tertiary/aromatic N) is 2. The number of hydrogen-bond acceptors (Lipinski definition) is 5. The number of halogens is 1. The van der Waals surface area contributed by atoms with Gasteiger partial charge in [0.25, 0.3) is 17.7 Å². The van der Waals surface area contributed by atoms with E-state index in [1.54, 1.807) is 42.5 Å². The molecule has 0 fully saturated rings. The van der Waals surface area contributed by atoms with Crippen molar-refractivity contribution < 1.29 is 18.8 Å². The highest BCUT2D eigenvalue weighted by molar-refractivity contribution is 6.14. The quantitative estimate of drug-likeness (QED) is 0.158. The molecule has 2 amide bonds. The number of carbonyl (C=O) groups is 3. The predicted octanol–water partition coefficient (Wildman–Crippen LogP) is 7.51.